The van der Waals surface area contributed by atoms with E-state index >= 15 is 0 Å². The summed E-state index contributed by atoms with van der Waals surface area (Å²) in [4.78, 5) is 7.09. The standard InChI is InChI=1S/C43H26N2O2S/c1-3-9-28(10-4-1)43-44-37-26-42-36(25-40(37)47-43)35-23-29(17-22-41(35)48-42)27-15-18-31(19-16-27)45(30-11-5-2-6-12-30)32-20-21-39-34(24-32)33-13-7-8-14-38(33)46-39/h1-26H. The fourth-order valence-electron chi connectivity index (χ4n) is 6.76. The summed E-state index contributed by atoms with van der Waals surface area (Å²) >= 11 is 1.79. The number of hydrogen-bond donors (Lipinski definition) is 0. The first-order valence-electron chi connectivity index (χ1n) is 15.9. The molecule has 0 aliphatic carbocycles. The highest BCUT2D eigenvalue weighted by Crippen LogP contribution is 2.41. The van der Waals surface area contributed by atoms with E-state index in [0.29, 0.717) is 5.89 Å². The number of aromatic nitrogens is 1. The molecule has 0 unspecified atom stereocenters. The van der Waals surface area contributed by atoms with Crippen LogP contribution in [0.1, 0.15) is 0 Å². The molecule has 0 radical (unpaired) electrons. The molecule has 0 bridgehead atoms. The molecular formula is C43H26N2O2S. The molecule has 48 heavy (non-hydrogen) atoms. The van der Waals surface area contributed by atoms with Gasteiger partial charge in [-0.05, 0) is 96.1 Å². The van der Waals surface area contributed by atoms with Gasteiger partial charge in [0.25, 0.3) is 0 Å². The van der Waals surface area contributed by atoms with E-state index in [2.05, 4.69) is 120 Å². The van der Waals surface area contributed by atoms with Crippen molar-refractivity contribution in [2.75, 3.05) is 4.90 Å². The zero-order valence-electron chi connectivity index (χ0n) is 25.6. The van der Waals surface area contributed by atoms with Crippen LogP contribution < -0.4 is 4.90 Å². The number of furan rings is 1. The Balaban J connectivity index is 1.04. The Labute approximate surface area is 279 Å². The van der Waals surface area contributed by atoms with E-state index in [1.165, 1.54) is 25.7 Å². The summed E-state index contributed by atoms with van der Waals surface area (Å²) in [6.45, 7) is 0. The molecule has 5 heteroatoms. The first-order chi connectivity index (χ1) is 23.7. The van der Waals surface area contributed by atoms with Crippen LogP contribution in [-0.4, -0.2) is 4.98 Å². The Kier molecular flexibility index (Phi) is 6.01. The fraction of sp³-hybridized carbons (Fsp3) is 0. The van der Waals surface area contributed by atoms with Crippen molar-refractivity contribution in [3.8, 4) is 22.6 Å². The number of para-hydroxylation sites is 2. The zero-order valence-corrected chi connectivity index (χ0v) is 26.4. The topological polar surface area (TPSA) is 42.4 Å². The van der Waals surface area contributed by atoms with Crippen molar-refractivity contribution in [1.29, 1.82) is 0 Å². The Hall–Kier alpha value is -6.17. The largest absolute Gasteiger partial charge is 0.456 e. The van der Waals surface area contributed by atoms with Crippen LogP contribution in [0.5, 0.6) is 0 Å². The third kappa shape index (κ3) is 4.40. The molecule has 10 rings (SSSR count). The lowest BCUT2D eigenvalue weighted by molar-refractivity contribution is 0.620. The van der Waals surface area contributed by atoms with Gasteiger partial charge in [-0.3, -0.25) is 0 Å². The van der Waals surface area contributed by atoms with Crippen LogP contribution >= 0.6 is 11.3 Å². The quantitative estimate of drug-likeness (QED) is 0.189. The Morgan fingerprint density at radius 2 is 1.10 bits per heavy atom. The van der Waals surface area contributed by atoms with Crippen molar-refractivity contribution >= 4 is 81.6 Å². The summed E-state index contributed by atoms with van der Waals surface area (Å²) in [5.74, 6) is 0.649. The van der Waals surface area contributed by atoms with Gasteiger partial charge in [0.1, 0.15) is 16.7 Å². The molecule has 4 nitrogen and oxygen atoms in total. The predicted octanol–water partition coefficient (Wildman–Crippen LogP) is 12.9. The Bertz CT molecular complexity index is 2780. The maximum atomic E-state index is 6.23. The minimum atomic E-state index is 0.649. The van der Waals surface area contributed by atoms with Crippen molar-refractivity contribution in [2.24, 2.45) is 0 Å². The normalized spacial score (nSPS) is 11.8. The Morgan fingerprint density at radius 3 is 1.96 bits per heavy atom. The van der Waals surface area contributed by atoms with Crippen LogP contribution in [0.2, 0.25) is 0 Å². The maximum Gasteiger partial charge on any atom is 0.227 e. The molecule has 0 fully saturated rings. The highest BCUT2D eigenvalue weighted by Gasteiger charge is 2.17. The van der Waals surface area contributed by atoms with Gasteiger partial charge in [-0.15, -0.1) is 11.3 Å². The minimum Gasteiger partial charge on any atom is -0.456 e. The van der Waals surface area contributed by atoms with E-state index in [9.17, 15) is 0 Å². The maximum absolute atomic E-state index is 6.23. The number of hydrogen-bond acceptors (Lipinski definition) is 5. The summed E-state index contributed by atoms with van der Waals surface area (Å²) in [5, 5.41) is 4.64. The zero-order chi connectivity index (χ0) is 31.6. The number of nitrogens with zero attached hydrogens (tertiary/aromatic N) is 2. The monoisotopic (exact) mass is 634 g/mol. The first kappa shape index (κ1) is 27.0. The third-order valence-corrected chi connectivity index (χ3v) is 10.2. The average Bonchev–Trinajstić information content (AvgIpc) is 3.84. The fourth-order valence-corrected chi connectivity index (χ4v) is 7.86. The first-order valence-corrected chi connectivity index (χ1v) is 16.8. The van der Waals surface area contributed by atoms with Crippen molar-refractivity contribution in [2.45, 2.75) is 0 Å². The van der Waals surface area contributed by atoms with E-state index in [1.807, 2.05) is 42.5 Å². The van der Waals surface area contributed by atoms with Gasteiger partial charge in [-0.1, -0.05) is 72.8 Å². The van der Waals surface area contributed by atoms with E-state index in [-0.39, 0.29) is 0 Å². The van der Waals surface area contributed by atoms with E-state index in [0.717, 1.165) is 61.2 Å². The number of oxazole rings is 1. The lowest BCUT2D eigenvalue weighted by Crippen LogP contribution is -2.09. The van der Waals surface area contributed by atoms with Crippen molar-refractivity contribution in [1.82, 2.24) is 4.98 Å². The van der Waals surface area contributed by atoms with Crippen LogP contribution in [0.25, 0.3) is 75.8 Å². The van der Waals surface area contributed by atoms with Gasteiger partial charge in [0, 0.05) is 53.6 Å². The van der Waals surface area contributed by atoms with Crippen molar-refractivity contribution in [3.63, 3.8) is 0 Å². The number of anilines is 3. The van der Waals surface area contributed by atoms with Gasteiger partial charge in [-0.25, -0.2) is 4.98 Å². The van der Waals surface area contributed by atoms with Crippen LogP contribution in [0, 0.1) is 0 Å². The lowest BCUT2D eigenvalue weighted by atomic mass is 10.0. The van der Waals surface area contributed by atoms with Gasteiger partial charge in [0.2, 0.25) is 5.89 Å². The molecule has 0 N–H and O–H groups in total. The minimum absolute atomic E-state index is 0.649. The van der Waals surface area contributed by atoms with Gasteiger partial charge in [0.05, 0.1) is 0 Å². The van der Waals surface area contributed by atoms with Crippen LogP contribution in [0.3, 0.4) is 0 Å². The van der Waals surface area contributed by atoms with Crippen LogP contribution in [0.4, 0.5) is 17.1 Å². The molecule has 0 atom stereocenters. The predicted molar refractivity (Wildman–Crippen MR) is 200 cm³/mol. The average molecular weight is 635 g/mol. The summed E-state index contributed by atoms with van der Waals surface area (Å²) in [6.07, 6.45) is 0. The van der Waals surface area contributed by atoms with E-state index in [4.69, 9.17) is 13.8 Å². The number of fused-ring (bicyclic) bond motifs is 7. The molecule has 7 aromatic carbocycles. The molecule has 0 amide bonds. The SMILES string of the molecule is c1ccc(-c2nc3cc4sc5ccc(-c6ccc(N(c7ccccc7)c7ccc8oc9ccccc9c8c7)cc6)cc5c4cc3o2)cc1. The molecule has 0 spiro atoms. The summed E-state index contributed by atoms with van der Waals surface area (Å²) < 4.78 is 14.8. The second kappa shape index (κ2) is 10.7. The summed E-state index contributed by atoms with van der Waals surface area (Å²) in [5.41, 5.74) is 10.1. The number of benzene rings is 7. The van der Waals surface area contributed by atoms with Crippen LogP contribution in [0.15, 0.2) is 167 Å². The van der Waals surface area contributed by atoms with Gasteiger partial charge in [0.15, 0.2) is 5.58 Å². The molecule has 0 saturated heterocycles. The van der Waals surface area contributed by atoms with Crippen molar-refractivity contribution in [3.05, 3.63) is 158 Å². The highest BCUT2D eigenvalue weighted by molar-refractivity contribution is 7.25. The van der Waals surface area contributed by atoms with Gasteiger partial charge in [-0.2, -0.15) is 0 Å². The molecule has 0 saturated carbocycles. The van der Waals surface area contributed by atoms with Crippen LogP contribution in [-0.2, 0) is 0 Å². The molecule has 3 heterocycles. The van der Waals surface area contributed by atoms with E-state index in [1.54, 1.807) is 11.3 Å². The van der Waals surface area contributed by atoms with E-state index < -0.39 is 0 Å². The molecular weight excluding hydrogens is 609 g/mol. The van der Waals surface area contributed by atoms with Crippen molar-refractivity contribution < 1.29 is 8.83 Å². The Morgan fingerprint density at radius 1 is 0.417 bits per heavy atom. The lowest BCUT2D eigenvalue weighted by Gasteiger charge is -2.25. The smallest absolute Gasteiger partial charge is 0.227 e. The molecule has 3 aromatic heterocycles. The molecule has 10 aromatic rings. The third-order valence-electron chi connectivity index (χ3n) is 9.09. The number of rotatable bonds is 5. The molecule has 0 aliphatic rings. The van der Waals surface area contributed by atoms with Gasteiger partial charge >= 0.3 is 0 Å². The summed E-state index contributed by atoms with van der Waals surface area (Å²) in [6, 6.07) is 55.1. The van der Waals surface area contributed by atoms with Gasteiger partial charge < -0.3 is 13.7 Å². The molecule has 0 aliphatic heterocycles. The summed E-state index contributed by atoms with van der Waals surface area (Å²) in [7, 11) is 0. The highest BCUT2D eigenvalue weighted by atomic mass is 32.1. The molecule has 226 valence electrons. The second-order valence-electron chi connectivity index (χ2n) is 12.0. The number of thiophene rings is 1. The second-order valence-corrected chi connectivity index (χ2v) is 13.1.